The van der Waals surface area contributed by atoms with E-state index < -0.39 is 0 Å². The third kappa shape index (κ3) is 3.23. The maximum absolute atomic E-state index is 5.75. The van der Waals surface area contributed by atoms with Crippen molar-refractivity contribution >= 4 is 0 Å². The van der Waals surface area contributed by atoms with Crippen LogP contribution in [0, 0.1) is 0 Å². The summed E-state index contributed by atoms with van der Waals surface area (Å²) in [4.78, 5) is 11.3. The van der Waals surface area contributed by atoms with Gasteiger partial charge in [-0.2, -0.15) is 0 Å². The van der Waals surface area contributed by atoms with Crippen LogP contribution in [-0.2, 0) is 24.8 Å². The molecule has 1 aliphatic heterocycles. The zero-order valence-electron chi connectivity index (χ0n) is 14.0. The molecule has 0 fully saturated rings. The summed E-state index contributed by atoms with van der Waals surface area (Å²) in [7, 11) is 3.72. The van der Waals surface area contributed by atoms with Crippen molar-refractivity contribution in [3.63, 3.8) is 0 Å². The molecule has 6 nitrogen and oxygen atoms in total. The van der Waals surface area contributed by atoms with Gasteiger partial charge in [-0.25, -0.2) is 9.97 Å². The number of fused-ring (bicyclic) bond motifs is 1. The molecule has 1 atom stereocenters. The molecule has 1 aliphatic rings. The van der Waals surface area contributed by atoms with E-state index in [0.29, 0.717) is 19.1 Å². The Morgan fingerprint density at radius 3 is 3.00 bits per heavy atom. The number of aromatic nitrogens is 3. The molecule has 3 rings (SSSR count). The summed E-state index contributed by atoms with van der Waals surface area (Å²) in [5.74, 6) is 0.693. The maximum atomic E-state index is 5.75. The van der Waals surface area contributed by atoms with E-state index in [-0.39, 0.29) is 6.04 Å². The van der Waals surface area contributed by atoms with Crippen LogP contribution in [0.15, 0.2) is 24.7 Å². The van der Waals surface area contributed by atoms with Gasteiger partial charge in [-0.3, -0.25) is 4.90 Å². The van der Waals surface area contributed by atoms with Crippen LogP contribution in [0.2, 0.25) is 0 Å². The first kappa shape index (κ1) is 16.0. The highest BCUT2D eigenvalue weighted by Crippen LogP contribution is 2.31. The predicted octanol–water partition coefficient (Wildman–Crippen LogP) is 1.96. The third-order valence-electron chi connectivity index (χ3n) is 4.35. The number of hydrogen-bond donors (Lipinski definition) is 0. The fraction of sp³-hybridized carbons (Fsp3) is 0.529. The van der Waals surface area contributed by atoms with E-state index in [2.05, 4.69) is 32.5 Å². The van der Waals surface area contributed by atoms with Crippen molar-refractivity contribution in [1.82, 2.24) is 19.4 Å². The van der Waals surface area contributed by atoms with Gasteiger partial charge >= 0.3 is 0 Å². The maximum Gasteiger partial charge on any atom is 0.217 e. The summed E-state index contributed by atoms with van der Waals surface area (Å²) in [5, 5.41) is 0. The van der Waals surface area contributed by atoms with Gasteiger partial charge in [-0.1, -0.05) is 6.07 Å². The van der Waals surface area contributed by atoms with Crippen LogP contribution in [0.3, 0.4) is 0 Å². The van der Waals surface area contributed by atoms with Gasteiger partial charge in [0.25, 0.3) is 0 Å². The Kier molecular flexibility index (Phi) is 4.93. The molecule has 0 saturated carbocycles. The molecule has 0 saturated heterocycles. The Balaban J connectivity index is 1.87. The fourth-order valence-corrected chi connectivity index (χ4v) is 3.24. The van der Waals surface area contributed by atoms with Gasteiger partial charge in [0.1, 0.15) is 0 Å². The van der Waals surface area contributed by atoms with Crippen LogP contribution in [0.1, 0.15) is 29.9 Å². The second-order valence-corrected chi connectivity index (χ2v) is 5.75. The number of rotatable bonds is 6. The molecule has 0 bridgehead atoms. The first-order valence-electron chi connectivity index (χ1n) is 8.04. The molecular formula is C17H24N4O2. The topological polar surface area (TPSA) is 52.4 Å². The molecule has 124 valence electrons. The van der Waals surface area contributed by atoms with Crippen LogP contribution in [-0.4, -0.2) is 46.3 Å². The Morgan fingerprint density at radius 1 is 1.35 bits per heavy atom. The normalized spacial score (nSPS) is 18.0. The summed E-state index contributed by atoms with van der Waals surface area (Å²) < 4.78 is 13.3. The van der Waals surface area contributed by atoms with Crippen molar-refractivity contribution in [3.8, 4) is 5.88 Å². The number of methoxy groups -OCH3 is 1. The molecule has 3 heterocycles. The Morgan fingerprint density at radius 2 is 2.22 bits per heavy atom. The summed E-state index contributed by atoms with van der Waals surface area (Å²) in [6.45, 7) is 5.17. The van der Waals surface area contributed by atoms with Crippen molar-refractivity contribution in [2.75, 3.05) is 26.9 Å². The van der Waals surface area contributed by atoms with Crippen LogP contribution in [0.25, 0.3) is 0 Å². The van der Waals surface area contributed by atoms with Crippen molar-refractivity contribution in [2.45, 2.75) is 25.9 Å². The van der Waals surface area contributed by atoms with Crippen molar-refractivity contribution in [2.24, 2.45) is 7.05 Å². The van der Waals surface area contributed by atoms with E-state index in [0.717, 1.165) is 25.1 Å². The molecule has 2 aromatic heterocycles. The highest BCUT2D eigenvalue weighted by atomic mass is 16.5. The monoisotopic (exact) mass is 316 g/mol. The average molecular weight is 316 g/mol. The molecule has 0 spiro atoms. The van der Waals surface area contributed by atoms with Crippen LogP contribution in [0.5, 0.6) is 5.88 Å². The van der Waals surface area contributed by atoms with Crippen molar-refractivity contribution < 1.29 is 9.47 Å². The molecule has 0 aromatic carbocycles. The average Bonchev–Trinajstić information content (AvgIpc) is 2.96. The van der Waals surface area contributed by atoms with Crippen LogP contribution in [0.4, 0.5) is 0 Å². The van der Waals surface area contributed by atoms with Gasteiger partial charge in [0.2, 0.25) is 5.88 Å². The van der Waals surface area contributed by atoms with E-state index in [1.807, 2.05) is 19.3 Å². The lowest BCUT2D eigenvalue weighted by Gasteiger charge is -2.35. The lowest BCUT2D eigenvalue weighted by molar-refractivity contribution is 0.0515. The van der Waals surface area contributed by atoms with Gasteiger partial charge in [0.15, 0.2) is 0 Å². The SMILES string of the molecule is CCOCC1c2c(ncn2C)CCN1Cc1cccnc1OC. The van der Waals surface area contributed by atoms with E-state index in [1.165, 1.54) is 11.4 Å². The number of imidazole rings is 1. The predicted molar refractivity (Wildman–Crippen MR) is 87.3 cm³/mol. The van der Waals surface area contributed by atoms with E-state index in [9.17, 15) is 0 Å². The molecule has 0 aliphatic carbocycles. The molecule has 2 aromatic rings. The fourth-order valence-electron chi connectivity index (χ4n) is 3.24. The summed E-state index contributed by atoms with van der Waals surface area (Å²) >= 11 is 0. The third-order valence-corrected chi connectivity index (χ3v) is 4.35. The second kappa shape index (κ2) is 7.10. The van der Waals surface area contributed by atoms with Crippen LogP contribution >= 0.6 is 0 Å². The molecule has 0 amide bonds. The molecule has 1 unspecified atom stereocenters. The summed E-state index contributed by atoms with van der Waals surface area (Å²) in [6, 6.07) is 4.23. The van der Waals surface area contributed by atoms with Gasteiger partial charge in [0.05, 0.1) is 37.5 Å². The minimum Gasteiger partial charge on any atom is -0.481 e. The van der Waals surface area contributed by atoms with Gasteiger partial charge in [-0.15, -0.1) is 0 Å². The molecule has 0 radical (unpaired) electrons. The quantitative estimate of drug-likeness (QED) is 0.815. The highest BCUT2D eigenvalue weighted by molar-refractivity contribution is 5.27. The van der Waals surface area contributed by atoms with Gasteiger partial charge < -0.3 is 14.0 Å². The molecule has 0 N–H and O–H groups in total. The van der Waals surface area contributed by atoms with Gasteiger partial charge in [-0.05, 0) is 13.0 Å². The smallest absolute Gasteiger partial charge is 0.217 e. The number of nitrogens with zero attached hydrogens (tertiary/aromatic N) is 4. The first-order chi connectivity index (χ1) is 11.2. The first-order valence-corrected chi connectivity index (χ1v) is 8.04. The zero-order valence-corrected chi connectivity index (χ0v) is 14.0. The summed E-state index contributed by atoms with van der Waals surface area (Å²) in [5.41, 5.74) is 3.54. The molecular weight excluding hydrogens is 292 g/mol. The minimum atomic E-state index is 0.205. The minimum absolute atomic E-state index is 0.205. The number of hydrogen-bond acceptors (Lipinski definition) is 5. The lowest BCUT2D eigenvalue weighted by atomic mass is 10.0. The van der Waals surface area contributed by atoms with Crippen molar-refractivity contribution in [1.29, 1.82) is 0 Å². The van der Waals surface area contributed by atoms with Crippen LogP contribution < -0.4 is 4.74 Å². The van der Waals surface area contributed by atoms with E-state index >= 15 is 0 Å². The highest BCUT2D eigenvalue weighted by Gasteiger charge is 2.31. The largest absolute Gasteiger partial charge is 0.481 e. The number of ether oxygens (including phenoxy) is 2. The van der Waals surface area contributed by atoms with E-state index in [1.54, 1.807) is 13.3 Å². The number of aryl methyl sites for hydroxylation is 1. The standard InChI is InChI=1S/C17H24N4O2/c1-4-23-11-15-16-14(19-12-20(16)2)7-9-21(15)10-13-6-5-8-18-17(13)22-3/h5-6,8,12,15H,4,7,9-11H2,1-3H3. The Labute approximate surface area is 137 Å². The zero-order chi connectivity index (χ0) is 16.2. The summed E-state index contributed by atoms with van der Waals surface area (Å²) in [6.07, 6.45) is 4.62. The molecule has 6 heteroatoms. The Hall–Kier alpha value is -1.92. The number of pyridine rings is 1. The molecule has 23 heavy (non-hydrogen) atoms. The van der Waals surface area contributed by atoms with Gasteiger partial charge in [0, 0.05) is 44.9 Å². The van der Waals surface area contributed by atoms with Crippen molar-refractivity contribution in [3.05, 3.63) is 41.6 Å². The second-order valence-electron chi connectivity index (χ2n) is 5.75. The lowest BCUT2D eigenvalue weighted by Crippen LogP contribution is -2.38. The Bertz CT molecular complexity index is 656. The van der Waals surface area contributed by atoms with E-state index in [4.69, 9.17) is 9.47 Å².